The van der Waals surface area contributed by atoms with Crippen LogP contribution in [0.3, 0.4) is 0 Å². The molecule has 0 aromatic carbocycles. The minimum absolute atomic E-state index is 0.268. The van der Waals surface area contributed by atoms with Crippen LogP contribution in [0.1, 0.15) is 24.7 Å². The van der Waals surface area contributed by atoms with Crippen LogP contribution in [0.2, 0.25) is 0 Å². The summed E-state index contributed by atoms with van der Waals surface area (Å²) in [6.45, 7) is 4.56. The first kappa shape index (κ1) is 13.6. The molecule has 94 valence electrons. The highest BCUT2D eigenvalue weighted by Crippen LogP contribution is 2.08. The summed E-state index contributed by atoms with van der Waals surface area (Å²) < 4.78 is 12.2. The third-order valence-electron chi connectivity index (χ3n) is 2.31. The van der Waals surface area contributed by atoms with Gasteiger partial charge in [-0.05, 0) is 13.3 Å². The van der Waals surface area contributed by atoms with Gasteiger partial charge in [-0.25, -0.2) is 4.68 Å². The van der Waals surface area contributed by atoms with Crippen molar-refractivity contribution in [3.63, 3.8) is 0 Å². The number of ether oxygens (including phenoxy) is 2. The van der Waals surface area contributed by atoms with Gasteiger partial charge in [0.25, 0.3) is 0 Å². The van der Waals surface area contributed by atoms with Crippen molar-refractivity contribution in [2.75, 3.05) is 20.3 Å². The summed E-state index contributed by atoms with van der Waals surface area (Å²) in [5, 5.41) is 16.7. The molecule has 6 nitrogen and oxygen atoms in total. The lowest BCUT2D eigenvalue weighted by Gasteiger charge is -2.06. The first-order valence-corrected chi connectivity index (χ1v) is 5.68. The second-order valence-electron chi connectivity index (χ2n) is 3.52. The van der Waals surface area contributed by atoms with Crippen LogP contribution in [0, 0.1) is 11.3 Å². The van der Waals surface area contributed by atoms with E-state index in [4.69, 9.17) is 14.7 Å². The summed E-state index contributed by atoms with van der Waals surface area (Å²) in [6.07, 6.45) is 1.14. The maximum Gasteiger partial charge on any atom is 0.102 e. The van der Waals surface area contributed by atoms with Crippen LogP contribution in [-0.4, -0.2) is 35.3 Å². The van der Waals surface area contributed by atoms with Crippen LogP contribution in [0.4, 0.5) is 0 Å². The largest absolute Gasteiger partial charge is 0.382 e. The summed E-state index contributed by atoms with van der Waals surface area (Å²) in [5.74, 6) is 0. The SMILES string of the molecule is CCOCCCn1nnc(CC#N)c1COC. The van der Waals surface area contributed by atoms with Crippen molar-refractivity contribution in [3.05, 3.63) is 11.4 Å². The van der Waals surface area contributed by atoms with E-state index in [0.29, 0.717) is 18.9 Å². The molecule has 0 atom stereocenters. The molecular weight excluding hydrogens is 220 g/mol. The molecule has 6 heteroatoms. The quantitative estimate of drug-likeness (QED) is 0.629. The van der Waals surface area contributed by atoms with E-state index in [1.54, 1.807) is 11.8 Å². The second kappa shape index (κ2) is 7.76. The highest BCUT2D eigenvalue weighted by Gasteiger charge is 2.11. The van der Waals surface area contributed by atoms with Gasteiger partial charge in [-0.2, -0.15) is 5.26 Å². The first-order chi connectivity index (χ1) is 8.33. The molecule has 0 saturated heterocycles. The number of rotatable bonds is 8. The van der Waals surface area contributed by atoms with Gasteiger partial charge in [0.15, 0.2) is 0 Å². The average molecular weight is 238 g/mol. The molecule has 0 aliphatic heterocycles. The zero-order valence-corrected chi connectivity index (χ0v) is 10.3. The predicted octanol–water partition coefficient (Wildman–Crippen LogP) is 0.917. The van der Waals surface area contributed by atoms with Crippen LogP contribution in [0.15, 0.2) is 0 Å². The molecule has 0 saturated carbocycles. The Morgan fingerprint density at radius 1 is 1.47 bits per heavy atom. The monoisotopic (exact) mass is 238 g/mol. The normalized spacial score (nSPS) is 10.4. The van der Waals surface area contributed by atoms with Crippen LogP contribution < -0.4 is 0 Å². The smallest absolute Gasteiger partial charge is 0.102 e. The summed E-state index contributed by atoms with van der Waals surface area (Å²) in [5.41, 5.74) is 1.58. The maximum atomic E-state index is 8.68. The molecule has 0 N–H and O–H groups in total. The molecule has 0 radical (unpaired) electrons. The van der Waals surface area contributed by atoms with Gasteiger partial charge in [0.2, 0.25) is 0 Å². The van der Waals surface area contributed by atoms with Crippen molar-refractivity contribution < 1.29 is 9.47 Å². The second-order valence-corrected chi connectivity index (χ2v) is 3.52. The first-order valence-electron chi connectivity index (χ1n) is 5.68. The summed E-state index contributed by atoms with van der Waals surface area (Å²) in [4.78, 5) is 0. The summed E-state index contributed by atoms with van der Waals surface area (Å²) >= 11 is 0. The van der Waals surface area contributed by atoms with Gasteiger partial charge in [0, 0.05) is 26.9 Å². The van der Waals surface area contributed by atoms with Gasteiger partial charge in [-0.15, -0.1) is 5.10 Å². The molecule has 1 aromatic rings. The van der Waals surface area contributed by atoms with Crippen molar-refractivity contribution in [1.82, 2.24) is 15.0 Å². The number of nitrogens with zero attached hydrogens (tertiary/aromatic N) is 4. The highest BCUT2D eigenvalue weighted by molar-refractivity contribution is 5.13. The number of nitriles is 1. The number of methoxy groups -OCH3 is 1. The van der Waals surface area contributed by atoms with E-state index in [1.165, 1.54) is 0 Å². The number of hydrogen-bond donors (Lipinski definition) is 0. The van der Waals surface area contributed by atoms with Gasteiger partial charge < -0.3 is 9.47 Å². The predicted molar refractivity (Wildman–Crippen MR) is 61.2 cm³/mol. The standard InChI is InChI=1S/C11H18N4O2/c1-3-17-8-4-7-15-11(9-16-2)10(5-6-12)13-14-15/h3-5,7-9H2,1-2H3. The maximum absolute atomic E-state index is 8.68. The number of hydrogen-bond acceptors (Lipinski definition) is 5. The Balaban J connectivity index is 2.60. The van der Waals surface area contributed by atoms with Gasteiger partial charge >= 0.3 is 0 Å². The molecule has 0 unspecified atom stereocenters. The third-order valence-corrected chi connectivity index (χ3v) is 2.31. The average Bonchev–Trinajstić information content (AvgIpc) is 2.69. The fraction of sp³-hybridized carbons (Fsp3) is 0.727. The van der Waals surface area contributed by atoms with Crippen molar-refractivity contribution in [2.45, 2.75) is 32.9 Å². The van der Waals surface area contributed by atoms with Crippen molar-refractivity contribution in [3.8, 4) is 6.07 Å². The van der Waals surface area contributed by atoms with E-state index >= 15 is 0 Å². The zero-order chi connectivity index (χ0) is 12.5. The molecule has 1 aromatic heterocycles. The Morgan fingerprint density at radius 3 is 2.94 bits per heavy atom. The Labute approximate surface area is 101 Å². The van der Waals surface area contributed by atoms with Crippen LogP contribution in [0.5, 0.6) is 0 Å². The summed E-state index contributed by atoms with van der Waals surface area (Å²) in [6, 6.07) is 2.08. The van der Waals surface area contributed by atoms with E-state index < -0.39 is 0 Å². The fourth-order valence-corrected chi connectivity index (χ4v) is 1.52. The third kappa shape index (κ3) is 4.13. The Bertz CT molecular complexity index is 370. The van der Waals surface area contributed by atoms with Gasteiger partial charge in [-0.3, -0.25) is 0 Å². The molecular formula is C11H18N4O2. The number of aromatic nitrogens is 3. The Hall–Kier alpha value is -1.45. The van der Waals surface area contributed by atoms with E-state index in [-0.39, 0.29) is 6.42 Å². The van der Waals surface area contributed by atoms with Gasteiger partial charge in [0.1, 0.15) is 5.69 Å². The van der Waals surface area contributed by atoms with Crippen molar-refractivity contribution in [1.29, 1.82) is 5.26 Å². The van der Waals surface area contributed by atoms with E-state index in [0.717, 1.165) is 25.3 Å². The van der Waals surface area contributed by atoms with Crippen molar-refractivity contribution in [2.24, 2.45) is 0 Å². The lowest BCUT2D eigenvalue weighted by atomic mass is 10.2. The molecule has 1 heterocycles. The topological polar surface area (TPSA) is 73.0 Å². The van der Waals surface area contributed by atoms with Crippen LogP contribution >= 0.6 is 0 Å². The van der Waals surface area contributed by atoms with E-state index in [9.17, 15) is 0 Å². The van der Waals surface area contributed by atoms with Gasteiger partial charge in [-0.1, -0.05) is 5.21 Å². The van der Waals surface area contributed by atoms with Crippen LogP contribution in [-0.2, 0) is 29.0 Å². The molecule has 0 spiro atoms. The highest BCUT2D eigenvalue weighted by atomic mass is 16.5. The van der Waals surface area contributed by atoms with Gasteiger partial charge in [0.05, 0.1) is 24.8 Å². The molecule has 0 aliphatic carbocycles. The minimum Gasteiger partial charge on any atom is -0.382 e. The number of aryl methyl sites for hydroxylation is 1. The Kier molecular flexibility index (Phi) is 6.22. The van der Waals surface area contributed by atoms with Crippen LogP contribution in [0.25, 0.3) is 0 Å². The molecule has 0 fully saturated rings. The lowest BCUT2D eigenvalue weighted by molar-refractivity contribution is 0.138. The Morgan fingerprint density at radius 2 is 2.29 bits per heavy atom. The molecule has 1 rings (SSSR count). The summed E-state index contributed by atoms with van der Waals surface area (Å²) in [7, 11) is 1.62. The lowest BCUT2D eigenvalue weighted by Crippen LogP contribution is -2.09. The zero-order valence-electron chi connectivity index (χ0n) is 10.3. The molecule has 0 amide bonds. The molecule has 0 aliphatic rings. The van der Waals surface area contributed by atoms with E-state index in [1.807, 2.05) is 6.92 Å². The van der Waals surface area contributed by atoms with E-state index in [2.05, 4.69) is 16.4 Å². The fourth-order valence-electron chi connectivity index (χ4n) is 1.52. The van der Waals surface area contributed by atoms with Crippen molar-refractivity contribution >= 4 is 0 Å². The molecule has 0 bridgehead atoms. The minimum atomic E-state index is 0.268. The molecule has 17 heavy (non-hydrogen) atoms.